The first kappa shape index (κ1) is 24.8. The van der Waals surface area contributed by atoms with Crippen LogP contribution in [0.25, 0.3) is 17.3 Å². The van der Waals surface area contributed by atoms with Gasteiger partial charge in [-0.05, 0) is 30.2 Å². The van der Waals surface area contributed by atoms with Crippen molar-refractivity contribution in [2.75, 3.05) is 17.6 Å². The normalized spacial score (nSPS) is 13.5. The molecule has 2 atom stereocenters. The number of rotatable bonds is 10. The molecule has 1 aromatic carbocycles. The van der Waals surface area contributed by atoms with Crippen molar-refractivity contribution in [1.29, 1.82) is 0 Å². The maximum absolute atomic E-state index is 13.5. The van der Waals surface area contributed by atoms with Gasteiger partial charge < -0.3 is 15.3 Å². The summed E-state index contributed by atoms with van der Waals surface area (Å²) in [5.41, 5.74) is 2.71. The summed E-state index contributed by atoms with van der Waals surface area (Å²) in [6.45, 7) is 3.98. The number of benzene rings is 1. The Bertz CT molecular complexity index is 922. The summed E-state index contributed by atoms with van der Waals surface area (Å²) >= 11 is 1.45. The standard InChI is InChI=1S/C22H28FN3O4S/c1-13(2)20-18(10-9-16(27)11-17(28)12-19(29)30)21(14-5-7-15(23)8-6-14)25-22(24-20)26(3)31-4/h5-10,13,16-17,27-28H,11-12H2,1-4H3,(H,29,30)/b10-9+/t16-,17-/m1/s1. The van der Waals surface area contributed by atoms with Crippen molar-refractivity contribution < 1.29 is 24.5 Å². The van der Waals surface area contributed by atoms with Gasteiger partial charge in [0, 0.05) is 30.9 Å². The highest BCUT2D eigenvalue weighted by Crippen LogP contribution is 2.32. The van der Waals surface area contributed by atoms with Crippen molar-refractivity contribution in [2.45, 2.75) is 44.8 Å². The largest absolute Gasteiger partial charge is 0.481 e. The number of carboxylic acid groups (broad SMARTS) is 1. The van der Waals surface area contributed by atoms with E-state index in [1.165, 1.54) is 30.2 Å². The molecular weight excluding hydrogens is 421 g/mol. The van der Waals surface area contributed by atoms with E-state index < -0.39 is 24.6 Å². The van der Waals surface area contributed by atoms with E-state index >= 15 is 0 Å². The second-order valence-electron chi connectivity index (χ2n) is 7.43. The second-order valence-corrected chi connectivity index (χ2v) is 8.34. The van der Waals surface area contributed by atoms with Gasteiger partial charge in [0.25, 0.3) is 0 Å². The van der Waals surface area contributed by atoms with Crippen molar-refractivity contribution in [3.8, 4) is 11.3 Å². The molecule has 9 heteroatoms. The zero-order chi connectivity index (χ0) is 23.1. The molecule has 0 spiro atoms. The molecule has 31 heavy (non-hydrogen) atoms. The molecule has 0 amide bonds. The average Bonchev–Trinajstić information content (AvgIpc) is 2.70. The first-order valence-corrected chi connectivity index (χ1v) is 11.0. The van der Waals surface area contributed by atoms with Gasteiger partial charge in [-0.3, -0.25) is 9.10 Å². The molecule has 2 aromatic rings. The number of carboxylic acids is 1. The van der Waals surface area contributed by atoms with E-state index in [4.69, 9.17) is 5.11 Å². The highest BCUT2D eigenvalue weighted by Gasteiger charge is 2.19. The van der Waals surface area contributed by atoms with Gasteiger partial charge in [-0.15, -0.1) is 0 Å². The van der Waals surface area contributed by atoms with Gasteiger partial charge in [0.2, 0.25) is 5.95 Å². The van der Waals surface area contributed by atoms with E-state index in [0.29, 0.717) is 22.8 Å². The number of halogens is 1. The third-order valence-corrected chi connectivity index (χ3v) is 5.30. The SMILES string of the molecule is CSN(C)c1nc(-c2ccc(F)cc2)c(/C=C/[C@@H](O)C[C@@H](O)CC(=O)O)c(C(C)C)n1. The average molecular weight is 450 g/mol. The lowest BCUT2D eigenvalue weighted by Crippen LogP contribution is -2.19. The van der Waals surface area contributed by atoms with E-state index in [-0.39, 0.29) is 18.2 Å². The topological polar surface area (TPSA) is 107 Å². The Balaban J connectivity index is 2.52. The summed E-state index contributed by atoms with van der Waals surface area (Å²) in [6.07, 6.45) is 2.30. The van der Waals surface area contributed by atoms with Gasteiger partial charge >= 0.3 is 5.97 Å². The first-order chi connectivity index (χ1) is 14.6. The summed E-state index contributed by atoms with van der Waals surface area (Å²) in [6, 6.07) is 5.98. The summed E-state index contributed by atoms with van der Waals surface area (Å²) in [5, 5.41) is 28.8. The zero-order valence-corrected chi connectivity index (χ0v) is 18.8. The first-order valence-electron chi connectivity index (χ1n) is 9.84. The number of nitrogens with zero attached hydrogens (tertiary/aromatic N) is 3. The summed E-state index contributed by atoms with van der Waals surface area (Å²) < 4.78 is 15.3. The number of aliphatic carboxylic acids is 1. The predicted molar refractivity (Wildman–Crippen MR) is 121 cm³/mol. The minimum Gasteiger partial charge on any atom is -0.481 e. The monoisotopic (exact) mass is 449 g/mol. The van der Waals surface area contributed by atoms with Gasteiger partial charge in [0.15, 0.2) is 0 Å². The van der Waals surface area contributed by atoms with Gasteiger partial charge in [-0.25, -0.2) is 14.4 Å². The molecule has 0 radical (unpaired) electrons. The molecule has 0 bridgehead atoms. The minimum atomic E-state index is -1.16. The molecule has 3 N–H and O–H groups in total. The van der Waals surface area contributed by atoms with Crippen LogP contribution in [0.15, 0.2) is 30.3 Å². The Morgan fingerprint density at radius 1 is 1.23 bits per heavy atom. The van der Waals surface area contributed by atoms with E-state index in [2.05, 4.69) is 9.97 Å². The highest BCUT2D eigenvalue weighted by atomic mass is 32.2. The molecule has 0 saturated heterocycles. The van der Waals surface area contributed by atoms with Crippen molar-refractivity contribution in [3.05, 3.63) is 47.4 Å². The fourth-order valence-electron chi connectivity index (χ4n) is 2.98. The molecule has 0 aliphatic heterocycles. The summed E-state index contributed by atoms with van der Waals surface area (Å²) in [7, 11) is 1.85. The molecule has 0 aliphatic carbocycles. The third-order valence-electron chi connectivity index (χ3n) is 4.59. The number of aliphatic hydroxyl groups is 2. The number of aromatic nitrogens is 2. The molecular formula is C22H28FN3O4S. The fraction of sp³-hybridized carbons (Fsp3) is 0.409. The number of anilines is 1. The zero-order valence-electron chi connectivity index (χ0n) is 18.0. The molecule has 7 nitrogen and oxygen atoms in total. The maximum atomic E-state index is 13.5. The third kappa shape index (κ3) is 7.02. The second kappa shape index (κ2) is 11.2. The molecule has 0 fully saturated rings. The fourth-order valence-corrected chi connectivity index (χ4v) is 3.22. The maximum Gasteiger partial charge on any atom is 0.305 e. The quantitative estimate of drug-likeness (QED) is 0.471. The molecule has 0 aliphatic rings. The van der Waals surface area contributed by atoms with Crippen LogP contribution in [0.5, 0.6) is 0 Å². The van der Waals surface area contributed by atoms with Crippen LogP contribution in [0, 0.1) is 5.82 Å². The Labute approximate surface area is 185 Å². The van der Waals surface area contributed by atoms with Crippen molar-refractivity contribution in [3.63, 3.8) is 0 Å². The Morgan fingerprint density at radius 2 is 1.87 bits per heavy atom. The van der Waals surface area contributed by atoms with Crippen molar-refractivity contribution >= 4 is 29.9 Å². The lowest BCUT2D eigenvalue weighted by molar-refractivity contribution is -0.139. The molecule has 0 unspecified atom stereocenters. The van der Waals surface area contributed by atoms with E-state index in [0.717, 1.165) is 5.69 Å². The number of carbonyl (C=O) groups is 1. The Hall–Kier alpha value is -2.49. The molecule has 1 heterocycles. The van der Waals surface area contributed by atoms with Crippen LogP contribution in [-0.4, -0.2) is 56.8 Å². The molecule has 2 rings (SSSR count). The van der Waals surface area contributed by atoms with Crippen LogP contribution in [0.2, 0.25) is 0 Å². The van der Waals surface area contributed by atoms with Crippen LogP contribution >= 0.6 is 11.9 Å². The predicted octanol–water partition coefficient (Wildman–Crippen LogP) is 3.72. The Kier molecular flexibility index (Phi) is 8.97. The van der Waals surface area contributed by atoms with Crippen LogP contribution < -0.4 is 4.31 Å². The van der Waals surface area contributed by atoms with Gasteiger partial charge in [-0.1, -0.05) is 37.9 Å². The number of hydrogen-bond donors (Lipinski definition) is 3. The Morgan fingerprint density at radius 3 is 2.42 bits per heavy atom. The minimum absolute atomic E-state index is 0.0330. The highest BCUT2D eigenvalue weighted by molar-refractivity contribution is 7.99. The van der Waals surface area contributed by atoms with E-state index in [1.54, 1.807) is 18.2 Å². The van der Waals surface area contributed by atoms with Crippen LogP contribution in [0.1, 0.15) is 43.9 Å². The number of hydrogen-bond acceptors (Lipinski definition) is 7. The van der Waals surface area contributed by atoms with Crippen LogP contribution in [0.3, 0.4) is 0 Å². The van der Waals surface area contributed by atoms with Gasteiger partial charge in [0.1, 0.15) is 5.82 Å². The van der Waals surface area contributed by atoms with Crippen molar-refractivity contribution in [1.82, 2.24) is 9.97 Å². The van der Waals surface area contributed by atoms with Crippen LogP contribution in [0.4, 0.5) is 10.3 Å². The summed E-state index contributed by atoms with van der Waals surface area (Å²) in [4.78, 5) is 20.1. The smallest absolute Gasteiger partial charge is 0.305 e. The van der Waals surface area contributed by atoms with Crippen LogP contribution in [-0.2, 0) is 4.79 Å². The molecule has 168 valence electrons. The lowest BCUT2D eigenvalue weighted by Gasteiger charge is -2.20. The van der Waals surface area contributed by atoms with Gasteiger partial charge in [0.05, 0.1) is 30.0 Å². The lowest BCUT2D eigenvalue weighted by atomic mass is 9.97. The van der Waals surface area contributed by atoms with Gasteiger partial charge in [-0.2, -0.15) is 0 Å². The van der Waals surface area contributed by atoms with E-state index in [1.807, 2.05) is 31.5 Å². The van der Waals surface area contributed by atoms with E-state index in [9.17, 15) is 19.4 Å². The number of aliphatic hydroxyl groups excluding tert-OH is 2. The molecule has 0 saturated carbocycles. The van der Waals surface area contributed by atoms with Crippen molar-refractivity contribution in [2.24, 2.45) is 0 Å². The molecule has 1 aromatic heterocycles. The summed E-state index contributed by atoms with van der Waals surface area (Å²) in [5.74, 6) is -0.953.